The molecule has 0 spiro atoms. The predicted octanol–water partition coefficient (Wildman–Crippen LogP) is 3.13. The van der Waals surface area contributed by atoms with Gasteiger partial charge in [0.25, 0.3) is 10.9 Å². The molecule has 1 heterocycles. The number of ether oxygens (including phenoxy) is 1. The lowest BCUT2D eigenvalue weighted by Crippen LogP contribution is -1.92. The molecule has 0 atom stereocenters. The van der Waals surface area contributed by atoms with Crippen molar-refractivity contribution in [2.75, 3.05) is 0 Å². The maximum atomic E-state index is 13.6. The molecule has 9 heteroatoms. The van der Waals surface area contributed by atoms with Crippen LogP contribution in [0.25, 0.3) is 0 Å². The third kappa shape index (κ3) is 2.98. The number of benzene rings is 1. The summed E-state index contributed by atoms with van der Waals surface area (Å²) in [6.45, 7) is -0.303. The highest BCUT2D eigenvalue weighted by molar-refractivity contribution is 7.13. The molecule has 0 aliphatic rings. The lowest BCUT2D eigenvalue weighted by Gasteiger charge is -2.02. The Kier molecular flexibility index (Phi) is 3.93. The van der Waals surface area contributed by atoms with Crippen LogP contribution in [0.15, 0.2) is 18.2 Å². The number of hydrogen-bond acceptors (Lipinski definition) is 6. The van der Waals surface area contributed by atoms with E-state index in [1.165, 1.54) is 0 Å². The molecule has 0 aliphatic heterocycles. The Balaban J connectivity index is 2.25. The molecule has 0 bridgehead atoms. The number of thiazole rings is 1. The number of nitrogens with zero attached hydrogens (tertiary/aromatic N) is 2. The number of aromatic nitrogens is 1. The summed E-state index contributed by atoms with van der Waals surface area (Å²) in [5, 5.41) is 19.5. The summed E-state index contributed by atoms with van der Waals surface area (Å²) in [6.07, 6.45) is 0. The Morgan fingerprint density at radius 1 is 1.58 bits per heavy atom. The standard InChI is InChI=1S/C10H6ClFN2O4S/c11-9-8(4-15)19-10(13-9)18-7-2-1-5(14(16)17)3-6(7)12/h1-3,15H,4H2. The summed E-state index contributed by atoms with van der Waals surface area (Å²) < 4.78 is 18.7. The lowest BCUT2D eigenvalue weighted by atomic mass is 10.3. The van der Waals surface area contributed by atoms with E-state index in [1.54, 1.807) is 0 Å². The van der Waals surface area contributed by atoms with Crippen LogP contribution >= 0.6 is 22.9 Å². The third-order valence-electron chi connectivity index (χ3n) is 2.10. The van der Waals surface area contributed by atoms with Crippen molar-refractivity contribution in [2.45, 2.75) is 6.61 Å². The van der Waals surface area contributed by atoms with Crippen molar-refractivity contribution in [3.05, 3.63) is 44.2 Å². The smallest absolute Gasteiger partial charge is 0.280 e. The summed E-state index contributed by atoms with van der Waals surface area (Å²) in [5.74, 6) is -1.09. The second-order valence-electron chi connectivity index (χ2n) is 3.33. The first kappa shape index (κ1) is 13.7. The number of aliphatic hydroxyl groups is 1. The van der Waals surface area contributed by atoms with E-state index in [9.17, 15) is 14.5 Å². The molecule has 2 rings (SSSR count). The van der Waals surface area contributed by atoms with Crippen molar-refractivity contribution >= 4 is 28.6 Å². The van der Waals surface area contributed by atoms with Crippen molar-refractivity contribution in [2.24, 2.45) is 0 Å². The second kappa shape index (κ2) is 5.47. The zero-order chi connectivity index (χ0) is 14.0. The van der Waals surface area contributed by atoms with Gasteiger partial charge in [0.1, 0.15) is 5.15 Å². The molecule has 0 aliphatic carbocycles. The summed E-state index contributed by atoms with van der Waals surface area (Å²) in [6, 6.07) is 2.99. The Morgan fingerprint density at radius 2 is 2.32 bits per heavy atom. The number of rotatable bonds is 4. The monoisotopic (exact) mass is 304 g/mol. The molecule has 0 fully saturated rings. The van der Waals surface area contributed by atoms with Crippen LogP contribution in [0, 0.1) is 15.9 Å². The molecule has 1 aromatic heterocycles. The molecule has 1 N–H and O–H groups in total. The molecule has 0 amide bonds. The molecule has 100 valence electrons. The van der Waals surface area contributed by atoms with Crippen LogP contribution < -0.4 is 4.74 Å². The first-order valence-corrected chi connectivity index (χ1v) is 6.08. The van der Waals surface area contributed by atoms with Gasteiger partial charge in [-0.15, -0.1) is 0 Å². The third-order valence-corrected chi connectivity index (χ3v) is 3.44. The fraction of sp³-hybridized carbons (Fsp3) is 0.100. The average molecular weight is 305 g/mol. The first-order valence-electron chi connectivity index (χ1n) is 4.89. The summed E-state index contributed by atoms with van der Waals surface area (Å²) >= 11 is 6.65. The van der Waals surface area contributed by atoms with E-state index in [2.05, 4.69) is 4.98 Å². The van der Waals surface area contributed by atoms with Gasteiger partial charge in [0.2, 0.25) is 0 Å². The Labute approximate surface area is 115 Å². The van der Waals surface area contributed by atoms with Gasteiger partial charge in [0.05, 0.1) is 22.5 Å². The molecule has 6 nitrogen and oxygen atoms in total. The molecule has 0 radical (unpaired) electrons. The minimum atomic E-state index is -0.883. The summed E-state index contributed by atoms with van der Waals surface area (Å²) in [5.41, 5.74) is -0.377. The van der Waals surface area contributed by atoms with Gasteiger partial charge in [-0.25, -0.2) is 4.39 Å². The van der Waals surface area contributed by atoms with Crippen LogP contribution in [0.5, 0.6) is 10.9 Å². The Bertz CT molecular complexity index is 634. The fourth-order valence-corrected chi connectivity index (χ4v) is 2.21. The highest BCUT2D eigenvalue weighted by atomic mass is 35.5. The lowest BCUT2D eigenvalue weighted by molar-refractivity contribution is -0.385. The SMILES string of the molecule is O=[N+]([O-])c1ccc(Oc2nc(Cl)c(CO)s2)c(F)c1. The Hall–Kier alpha value is -1.77. The molecule has 19 heavy (non-hydrogen) atoms. The average Bonchev–Trinajstić information content (AvgIpc) is 2.72. The molecule has 0 unspecified atom stereocenters. The number of nitro benzene ring substituents is 1. The highest BCUT2D eigenvalue weighted by Gasteiger charge is 2.15. The summed E-state index contributed by atoms with van der Waals surface area (Å²) in [7, 11) is 0. The van der Waals surface area contributed by atoms with Gasteiger partial charge in [-0.05, 0) is 6.07 Å². The Morgan fingerprint density at radius 3 is 2.84 bits per heavy atom. The van der Waals surface area contributed by atoms with Crippen molar-refractivity contribution < 1.29 is 19.2 Å². The number of non-ortho nitro benzene ring substituents is 1. The quantitative estimate of drug-likeness (QED) is 0.693. The topological polar surface area (TPSA) is 85.5 Å². The van der Waals surface area contributed by atoms with E-state index in [-0.39, 0.29) is 28.4 Å². The predicted molar refractivity (Wildman–Crippen MR) is 66.2 cm³/mol. The minimum Gasteiger partial charge on any atom is -0.428 e. The van der Waals surface area contributed by atoms with Crippen LogP contribution in [0.1, 0.15) is 4.88 Å². The number of halogens is 2. The first-order chi connectivity index (χ1) is 9.01. The molecule has 0 saturated carbocycles. The van der Waals surface area contributed by atoms with Crippen LogP contribution in [0.4, 0.5) is 10.1 Å². The molecular formula is C10H6ClFN2O4S. The maximum Gasteiger partial charge on any atom is 0.280 e. The van der Waals surface area contributed by atoms with Gasteiger partial charge in [0, 0.05) is 6.07 Å². The van der Waals surface area contributed by atoms with Gasteiger partial charge < -0.3 is 9.84 Å². The van der Waals surface area contributed by atoms with E-state index in [4.69, 9.17) is 21.4 Å². The van der Waals surface area contributed by atoms with Crippen molar-refractivity contribution in [3.8, 4) is 10.9 Å². The zero-order valence-electron chi connectivity index (χ0n) is 9.17. The number of nitro groups is 1. The van der Waals surface area contributed by atoms with Crippen molar-refractivity contribution in [1.29, 1.82) is 0 Å². The minimum absolute atomic E-state index is 0.0433. The number of hydrogen-bond donors (Lipinski definition) is 1. The van der Waals surface area contributed by atoms with Crippen LogP contribution in [0.3, 0.4) is 0 Å². The van der Waals surface area contributed by atoms with Crippen LogP contribution in [-0.2, 0) is 6.61 Å². The highest BCUT2D eigenvalue weighted by Crippen LogP contribution is 2.33. The summed E-state index contributed by atoms with van der Waals surface area (Å²) in [4.78, 5) is 13.9. The van der Waals surface area contributed by atoms with Gasteiger partial charge in [-0.2, -0.15) is 4.98 Å². The normalized spacial score (nSPS) is 10.5. The second-order valence-corrected chi connectivity index (χ2v) is 4.73. The molecule has 2 aromatic rings. The van der Waals surface area contributed by atoms with Gasteiger partial charge in [-0.1, -0.05) is 22.9 Å². The molecule has 1 aromatic carbocycles. The fourth-order valence-electron chi connectivity index (χ4n) is 1.23. The van der Waals surface area contributed by atoms with Crippen LogP contribution in [-0.4, -0.2) is 15.0 Å². The largest absolute Gasteiger partial charge is 0.428 e. The molecular weight excluding hydrogens is 299 g/mol. The van der Waals surface area contributed by atoms with E-state index in [0.29, 0.717) is 4.88 Å². The molecule has 0 saturated heterocycles. The van der Waals surface area contributed by atoms with Crippen molar-refractivity contribution in [3.63, 3.8) is 0 Å². The van der Waals surface area contributed by atoms with Gasteiger partial charge in [-0.3, -0.25) is 10.1 Å². The van der Waals surface area contributed by atoms with Gasteiger partial charge in [0.15, 0.2) is 11.6 Å². The van der Waals surface area contributed by atoms with E-state index in [1.807, 2.05) is 0 Å². The van der Waals surface area contributed by atoms with Gasteiger partial charge >= 0.3 is 0 Å². The van der Waals surface area contributed by atoms with Crippen LogP contribution in [0.2, 0.25) is 5.15 Å². The number of aliphatic hydroxyl groups excluding tert-OH is 1. The van der Waals surface area contributed by atoms with Crippen molar-refractivity contribution in [1.82, 2.24) is 4.98 Å². The van der Waals surface area contributed by atoms with E-state index in [0.717, 1.165) is 29.5 Å². The maximum absolute atomic E-state index is 13.6. The zero-order valence-corrected chi connectivity index (χ0v) is 10.7. The van der Waals surface area contributed by atoms with E-state index < -0.39 is 10.7 Å². The van der Waals surface area contributed by atoms with E-state index >= 15 is 0 Å².